The number of hydrogen-bond acceptors (Lipinski definition) is 4. The maximum atomic E-state index is 11.3. The van der Waals surface area contributed by atoms with Crippen molar-refractivity contribution in [3.8, 4) is 0 Å². The van der Waals surface area contributed by atoms with Gasteiger partial charge in [0.2, 0.25) is 5.91 Å². The maximum Gasteiger partial charge on any atom is 0.325 e. The van der Waals surface area contributed by atoms with Gasteiger partial charge in [-0.3, -0.25) is 9.59 Å². The van der Waals surface area contributed by atoms with Crippen LogP contribution in [0.25, 0.3) is 0 Å². The second-order valence-electron chi connectivity index (χ2n) is 2.76. The third-order valence-electron chi connectivity index (χ3n) is 1.68. The second-order valence-corrected chi connectivity index (χ2v) is 2.76. The van der Waals surface area contributed by atoms with Crippen molar-refractivity contribution in [2.75, 3.05) is 33.4 Å². The molecule has 0 saturated carbocycles. The topological polar surface area (TPSA) is 55.8 Å². The summed E-state index contributed by atoms with van der Waals surface area (Å²) in [4.78, 5) is 23.8. The number of carbonyl (C=O) groups excluding carboxylic acids is 2. The molecule has 0 aromatic carbocycles. The molecule has 86 valence electrons. The fourth-order valence-electron chi connectivity index (χ4n) is 0.960. The van der Waals surface area contributed by atoms with Crippen molar-refractivity contribution in [3.05, 3.63) is 12.7 Å². The number of methoxy groups -OCH3 is 1. The first-order valence-corrected chi connectivity index (χ1v) is 4.71. The van der Waals surface area contributed by atoms with E-state index in [-0.39, 0.29) is 12.5 Å². The van der Waals surface area contributed by atoms with E-state index >= 15 is 0 Å². The third-order valence-corrected chi connectivity index (χ3v) is 1.68. The molecule has 0 bridgehead atoms. The first kappa shape index (κ1) is 13.6. The number of nitrogens with zero attached hydrogens (tertiary/aromatic N) is 1. The van der Waals surface area contributed by atoms with Crippen LogP contribution in [0.3, 0.4) is 0 Å². The highest BCUT2D eigenvalue weighted by Gasteiger charge is 2.14. The lowest BCUT2D eigenvalue weighted by Gasteiger charge is -2.19. The number of rotatable bonds is 7. The van der Waals surface area contributed by atoms with E-state index in [9.17, 15) is 9.59 Å². The highest BCUT2D eigenvalue weighted by molar-refractivity contribution is 5.89. The van der Waals surface area contributed by atoms with Crippen LogP contribution in [-0.2, 0) is 19.1 Å². The van der Waals surface area contributed by atoms with Gasteiger partial charge < -0.3 is 14.4 Å². The molecular weight excluding hydrogens is 198 g/mol. The number of ether oxygens (including phenoxy) is 2. The molecular formula is C10H17NO4. The summed E-state index contributed by atoms with van der Waals surface area (Å²) < 4.78 is 9.57. The fraction of sp³-hybridized carbons (Fsp3) is 0.600. The van der Waals surface area contributed by atoms with Gasteiger partial charge in [-0.05, 0) is 13.0 Å². The molecule has 0 aliphatic rings. The fourth-order valence-corrected chi connectivity index (χ4v) is 0.960. The predicted octanol–water partition coefficient (Wildman–Crippen LogP) is 0.210. The van der Waals surface area contributed by atoms with Crippen molar-refractivity contribution < 1.29 is 19.1 Å². The average Bonchev–Trinajstić information content (AvgIpc) is 2.23. The minimum absolute atomic E-state index is 0.0674. The van der Waals surface area contributed by atoms with Gasteiger partial charge in [-0.1, -0.05) is 6.58 Å². The average molecular weight is 215 g/mol. The van der Waals surface area contributed by atoms with Crippen molar-refractivity contribution in [1.29, 1.82) is 0 Å². The van der Waals surface area contributed by atoms with E-state index in [0.29, 0.717) is 19.8 Å². The van der Waals surface area contributed by atoms with Crippen LogP contribution >= 0.6 is 0 Å². The highest BCUT2D eigenvalue weighted by Crippen LogP contribution is 1.93. The summed E-state index contributed by atoms with van der Waals surface area (Å²) in [6.07, 6.45) is 1.16. The van der Waals surface area contributed by atoms with E-state index < -0.39 is 5.97 Å². The molecule has 0 rings (SSSR count). The molecule has 1 amide bonds. The molecule has 0 atom stereocenters. The van der Waals surface area contributed by atoms with Crippen LogP contribution in [0.5, 0.6) is 0 Å². The van der Waals surface area contributed by atoms with Crippen LogP contribution in [0, 0.1) is 0 Å². The molecule has 0 aliphatic heterocycles. The molecule has 0 heterocycles. The Labute approximate surface area is 89.6 Å². The quantitative estimate of drug-likeness (QED) is 0.450. The lowest BCUT2D eigenvalue weighted by atomic mass is 10.4. The smallest absolute Gasteiger partial charge is 0.325 e. The van der Waals surface area contributed by atoms with Crippen molar-refractivity contribution >= 4 is 11.9 Å². The van der Waals surface area contributed by atoms with Crippen LogP contribution in [0.2, 0.25) is 0 Å². The zero-order chi connectivity index (χ0) is 11.7. The number of hydrogen-bond donors (Lipinski definition) is 0. The van der Waals surface area contributed by atoms with E-state index in [1.54, 1.807) is 6.92 Å². The summed E-state index contributed by atoms with van der Waals surface area (Å²) in [5, 5.41) is 0. The van der Waals surface area contributed by atoms with Crippen LogP contribution in [-0.4, -0.2) is 50.2 Å². The Balaban J connectivity index is 4.17. The zero-order valence-corrected chi connectivity index (χ0v) is 9.19. The van der Waals surface area contributed by atoms with Crippen molar-refractivity contribution in [1.82, 2.24) is 4.90 Å². The lowest BCUT2D eigenvalue weighted by Crippen LogP contribution is -2.37. The Morgan fingerprint density at radius 3 is 2.60 bits per heavy atom. The lowest BCUT2D eigenvalue weighted by molar-refractivity contribution is -0.148. The van der Waals surface area contributed by atoms with Crippen LogP contribution in [0.1, 0.15) is 6.92 Å². The summed E-state index contributed by atoms with van der Waals surface area (Å²) in [6, 6.07) is 0. The zero-order valence-electron chi connectivity index (χ0n) is 9.19. The van der Waals surface area contributed by atoms with Gasteiger partial charge in [0.25, 0.3) is 0 Å². The Hall–Kier alpha value is -1.36. The summed E-state index contributed by atoms with van der Waals surface area (Å²) in [5.74, 6) is -0.732. The van der Waals surface area contributed by atoms with E-state index in [2.05, 4.69) is 6.58 Å². The molecule has 5 heteroatoms. The normalized spacial score (nSPS) is 9.47. The minimum atomic E-state index is -0.427. The molecule has 0 unspecified atom stereocenters. The van der Waals surface area contributed by atoms with E-state index in [0.717, 1.165) is 6.08 Å². The summed E-state index contributed by atoms with van der Waals surface area (Å²) in [7, 11) is 1.53. The highest BCUT2D eigenvalue weighted by atomic mass is 16.5. The molecule has 0 fully saturated rings. The minimum Gasteiger partial charge on any atom is -0.465 e. The molecule has 0 saturated heterocycles. The van der Waals surface area contributed by atoms with Gasteiger partial charge in [0.15, 0.2) is 0 Å². The predicted molar refractivity (Wildman–Crippen MR) is 55.3 cm³/mol. The standard InChI is InChI=1S/C10H17NO4/c1-4-9(12)11(6-7-14-3)8-10(13)15-5-2/h4H,1,5-8H2,2-3H3. The van der Waals surface area contributed by atoms with Crippen LogP contribution in [0.4, 0.5) is 0 Å². The number of esters is 1. The number of carbonyl (C=O) groups is 2. The molecule has 0 N–H and O–H groups in total. The SMILES string of the molecule is C=CC(=O)N(CCOC)CC(=O)OCC. The van der Waals surface area contributed by atoms with Gasteiger partial charge in [-0.2, -0.15) is 0 Å². The summed E-state index contributed by atoms with van der Waals surface area (Å²) in [5.41, 5.74) is 0. The van der Waals surface area contributed by atoms with Gasteiger partial charge in [0.05, 0.1) is 13.2 Å². The van der Waals surface area contributed by atoms with Crippen LogP contribution < -0.4 is 0 Å². The molecule has 0 spiro atoms. The monoisotopic (exact) mass is 215 g/mol. The van der Waals surface area contributed by atoms with Gasteiger partial charge in [0, 0.05) is 13.7 Å². The molecule has 0 aromatic heterocycles. The number of amides is 1. The third kappa shape index (κ3) is 5.85. The Bertz CT molecular complexity index is 227. The van der Waals surface area contributed by atoms with Crippen molar-refractivity contribution in [3.63, 3.8) is 0 Å². The van der Waals surface area contributed by atoms with E-state index in [1.165, 1.54) is 12.0 Å². The van der Waals surface area contributed by atoms with Crippen molar-refractivity contribution in [2.45, 2.75) is 6.92 Å². The van der Waals surface area contributed by atoms with Gasteiger partial charge in [-0.15, -0.1) is 0 Å². The first-order valence-electron chi connectivity index (χ1n) is 4.71. The van der Waals surface area contributed by atoms with E-state index in [1.807, 2.05) is 0 Å². The van der Waals surface area contributed by atoms with Crippen LogP contribution in [0.15, 0.2) is 12.7 Å². The summed E-state index contributed by atoms with van der Waals surface area (Å²) >= 11 is 0. The first-order chi connectivity index (χ1) is 7.15. The largest absolute Gasteiger partial charge is 0.465 e. The molecule has 5 nitrogen and oxygen atoms in total. The Morgan fingerprint density at radius 2 is 2.13 bits per heavy atom. The Kier molecular flexibility index (Phi) is 7.27. The van der Waals surface area contributed by atoms with Gasteiger partial charge in [0.1, 0.15) is 6.54 Å². The van der Waals surface area contributed by atoms with Gasteiger partial charge >= 0.3 is 5.97 Å². The van der Waals surface area contributed by atoms with Gasteiger partial charge in [-0.25, -0.2) is 0 Å². The molecule has 15 heavy (non-hydrogen) atoms. The summed E-state index contributed by atoms with van der Waals surface area (Å²) in [6.45, 7) is 6.03. The Morgan fingerprint density at radius 1 is 1.47 bits per heavy atom. The second kappa shape index (κ2) is 7.99. The van der Waals surface area contributed by atoms with E-state index in [4.69, 9.17) is 9.47 Å². The molecule has 0 aromatic rings. The molecule has 0 aliphatic carbocycles. The maximum absolute atomic E-state index is 11.3. The molecule has 0 radical (unpaired) electrons. The van der Waals surface area contributed by atoms with Crippen molar-refractivity contribution in [2.24, 2.45) is 0 Å².